The van der Waals surface area contributed by atoms with E-state index in [1.807, 2.05) is 0 Å². The maximum atomic E-state index is 5.16. The Morgan fingerprint density at radius 1 is 0.436 bits per heavy atom. The highest BCUT2D eigenvalue weighted by Crippen LogP contribution is 2.40. The van der Waals surface area contributed by atoms with Gasteiger partial charge in [-0.1, -0.05) is 103 Å². The van der Waals surface area contributed by atoms with Crippen LogP contribution in [-0.2, 0) is 0 Å². The van der Waals surface area contributed by atoms with Gasteiger partial charge in [-0.15, -0.1) is 0 Å². The summed E-state index contributed by atoms with van der Waals surface area (Å²) in [5.74, 6) is 0. The number of nitrogens with zero attached hydrogens (tertiary/aromatic N) is 2. The van der Waals surface area contributed by atoms with Crippen molar-refractivity contribution in [2.45, 2.75) is 0 Å². The molecule has 2 aromatic heterocycles. The van der Waals surface area contributed by atoms with Crippen LogP contribution in [0.5, 0.6) is 0 Å². The molecule has 2 heterocycles. The van der Waals surface area contributed by atoms with Gasteiger partial charge in [0.05, 0.1) is 16.6 Å². The molecule has 0 amide bonds. The molecule has 0 radical (unpaired) electrons. The van der Waals surface area contributed by atoms with Crippen molar-refractivity contribution >= 4 is 70.7 Å². The van der Waals surface area contributed by atoms with Crippen LogP contribution in [0, 0.1) is 0 Å². The van der Waals surface area contributed by atoms with E-state index in [9.17, 15) is 0 Å². The normalized spacial score (nSPS) is 12.1. The minimum absolute atomic E-state index is 1.00. The van der Waals surface area contributed by atoms with E-state index in [1.165, 1.54) is 65.1 Å². The molecule has 7 aromatic carbocycles. The van der Waals surface area contributed by atoms with Crippen LogP contribution in [0.1, 0.15) is 0 Å². The van der Waals surface area contributed by atoms with Crippen LogP contribution in [0.3, 0.4) is 0 Å². The molecule has 9 aromatic rings. The van der Waals surface area contributed by atoms with Gasteiger partial charge < -0.3 is 0 Å². The van der Waals surface area contributed by atoms with Crippen LogP contribution in [0.15, 0.2) is 133 Å². The van der Waals surface area contributed by atoms with Gasteiger partial charge in [-0.25, -0.2) is 4.98 Å². The Hall–Kier alpha value is -5.21. The van der Waals surface area contributed by atoms with E-state index in [1.54, 1.807) is 0 Å². The number of fused-ring (bicyclic) bond motifs is 13. The monoisotopic (exact) mass is 494 g/mol. The number of rotatable bonds is 1. The molecule has 0 N–H and O–H groups in total. The number of hydrogen-bond acceptors (Lipinski definition) is 1. The first kappa shape index (κ1) is 20.8. The minimum Gasteiger partial charge on any atom is -0.292 e. The van der Waals surface area contributed by atoms with E-state index in [0.717, 1.165) is 16.7 Å². The molecule has 0 unspecified atom stereocenters. The lowest BCUT2D eigenvalue weighted by molar-refractivity contribution is 1.32. The first-order chi connectivity index (χ1) is 19.3. The van der Waals surface area contributed by atoms with E-state index in [0.29, 0.717) is 0 Å². The average Bonchev–Trinajstić information content (AvgIpc) is 3.40. The SMILES string of the molecule is c1ccc2c(c1)cc(-c1ccc3c4c5ccccc5ccc4c4nc5ccccc5n4c3c1)c1ccccc12. The third-order valence-electron chi connectivity index (χ3n) is 8.32. The van der Waals surface area contributed by atoms with Crippen molar-refractivity contribution in [1.82, 2.24) is 9.38 Å². The van der Waals surface area contributed by atoms with Crippen LogP contribution < -0.4 is 0 Å². The molecule has 0 saturated carbocycles. The summed E-state index contributed by atoms with van der Waals surface area (Å²) < 4.78 is 2.36. The molecule has 0 aliphatic carbocycles. The Morgan fingerprint density at radius 3 is 2.03 bits per heavy atom. The zero-order valence-corrected chi connectivity index (χ0v) is 21.1. The Bertz CT molecular complexity index is 2450. The van der Waals surface area contributed by atoms with Crippen molar-refractivity contribution in [3.8, 4) is 11.1 Å². The number of para-hydroxylation sites is 2. The molecule has 2 nitrogen and oxygen atoms in total. The Kier molecular flexibility index (Phi) is 4.08. The van der Waals surface area contributed by atoms with Gasteiger partial charge in [-0.05, 0) is 73.8 Å². The van der Waals surface area contributed by atoms with Crippen LogP contribution in [-0.4, -0.2) is 9.38 Å². The first-order valence-corrected chi connectivity index (χ1v) is 13.4. The van der Waals surface area contributed by atoms with Gasteiger partial charge in [-0.2, -0.15) is 0 Å². The predicted octanol–water partition coefficient (Wildman–Crippen LogP) is 9.92. The summed E-state index contributed by atoms with van der Waals surface area (Å²) in [5, 5.41) is 11.3. The molecule has 0 aliphatic heterocycles. The largest absolute Gasteiger partial charge is 0.292 e. The fraction of sp³-hybridized carbons (Fsp3) is 0. The van der Waals surface area contributed by atoms with Crippen molar-refractivity contribution in [2.24, 2.45) is 0 Å². The molecule has 0 spiro atoms. The summed E-state index contributed by atoms with van der Waals surface area (Å²) in [7, 11) is 0. The van der Waals surface area contributed by atoms with Crippen molar-refractivity contribution in [2.75, 3.05) is 0 Å². The molecule has 0 saturated heterocycles. The van der Waals surface area contributed by atoms with Crippen molar-refractivity contribution in [1.29, 1.82) is 0 Å². The molecular weight excluding hydrogens is 472 g/mol. The lowest BCUT2D eigenvalue weighted by Crippen LogP contribution is -1.93. The first-order valence-electron chi connectivity index (χ1n) is 13.4. The van der Waals surface area contributed by atoms with Crippen molar-refractivity contribution < 1.29 is 0 Å². The Labute approximate surface area is 224 Å². The average molecular weight is 495 g/mol. The van der Waals surface area contributed by atoms with Gasteiger partial charge in [-0.3, -0.25) is 4.40 Å². The lowest BCUT2D eigenvalue weighted by Gasteiger charge is -2.15. The number of benzene rings is 7. The van der Waals surface area contributed by atoms with Crippen LogP contribution in [0.4, 0.5) is 0 Å². The summed E-state index contributed by atoms with van der Waals surface area (Å²) in [6.45, 7) is 0. The number of aromatic nitrogens is 2. The van der Waals surface area contributed by atoms with Crippen LogP contribution in [0.25, 0.3) is 81.8 Å². The van der Waals surface area contributed by atoms with Gasteiger partial charge in [0.1, 0.15) is 5.65 Å². The fourth-order valence-corrected chi connectivity index (χ4v) is 6.59. The van der Waals surface area contributed by atoms with E-state index in [-0.39, 0.29) is 0 Å². The highest BCUT2D eigenvalue weighted by molar-refractivity contribution is 6.24. The third kappa shape index (κ3) is 2.83. The van der Waals surface area contributed by atoms with E-state index < -0.39 is 0 Å². The second kappa shape index (κ2) is 7.66. The smallest absolute Gasteiger partial charge is 0.146 e. The van der Waals surface area contributed by atoms with E-state index >= 15 is 0 Å². The Morgan fingerprint density at radius 2 is 1.13 bits per heavy atom. The molecular formula is C37H22N2. The van der Waals surface area contributed by atoms with Gasteiger partial charge in [0.25, 0.3) is 0 Å². The molecule has 0 fully saturated rings. The fourth-order valence-electron chi connectivity index (χ4n) is 6.59. The van der Waals surface area contributed by atoms with Gasteiger partial charge >= 0.3 is 0 Å². The third-order valence-corrected chi connectivity index (χ3v) is 8.32. The second-order valence-electron chi connectivity index (χ2n) is 10.4. The van der Waals surface area contributed by atoms with Crippen LogP contribution in [0.2, 0.25) is 0 Å². The molecule has 9 rings (SSSR count). The lowest BCUT2D eigenvalue weighted by atomic mass is 9.92. The molecule has 0 aliphatic rings. The van der Waals surface area contributed by atoms with E-state index in [4.69, 9.17) is 4.98 Å². The van der Waals surface area contributed by atoms with Crippen molar-refractivity contribution in [3.63, 3.8) is 0 Å². The summed E-state index contributed by atoms with van der Waals surface area (Å²) in [4.78, 5) is 5.16. The maximum absolute atomic E-state index is 5.16. The quantitative estimate of drug-likeness (QED) is 0.208. The van der Waals surface area contributed by atoms with Gasteiger partial charge in [0.2, 0.25) is 0 Å². The topological polar surface area (TPSA) is 17.3 Å². The zero-order chi connectivity index (χ0) is 25.5. The summed E-state index contributed by atoms with van der Waals surface area (Å²) in [5.41, 5.74) is 6.79. The van der Waals surface area contributed by atoms with E-state index in [2.05, 4.69) is 138 Å². The summed E-state index contributed by atoms with van der Waals surface area (Å²) >= 11 is 0. The second-order valence-corrected chi connectivity index (χ2v) is 10.4. The molecule has 2 heteroatoms. The van der Waals surface area contributed by atoms with Gasteiger partial charge in [0, 0.05) is 16.2 Å². The minimum atomic E-state index is 1.00. The standard InChI is InChI=1S/C37H22N2/c1-4-12-27-23(9-1)17-20-31-36(27)30-19-18-25(22-35(30)39-34-16-8-7-15-33(34)38-37(31)39)32-21-24-10-2-3-11-26(24)28-13-5-6-14-29(28)32/h1-22H. The molecule has 180 valence electrons. The highest BCUT2D eigenvalue weighted by atomic mass is 15.0. The summed E-state index contributed by atoms with van der Waals surface area (Å²) in [6, 6.07) is 48.4. The number of hydrogen-bond donors (Lipinski definition) is 0. The van der Waals surface area contributed by atoms with Crippen LogP contribution >= 0.6 is 0 Å². The predicted molar refractivity (Wildman–Crippen MR) is 166 cm³/mol. The molecule has 39 heavy (non-hydrogen) atoms. The zero-order valence-electron chi connectivity index (χ0n) is 21.1. The number of pyridine rings is 1. The summed E-state index contributed by atoms with van der Waals surface area (Å²) in [6.07, 6.45) is 0. The number of imidazole rings is 1. The maximum Gasteiger partial charge on any atom is 0.146 e. The highest BCUT2D eigenvalue weighted by Gasteiger charge is 2.17. The molecule has 0 bridgehead atoms. The van der Waals surface area contributed by atoms with Gasteiger partial charge in [0.15, 0.2) is 0 Å². The van der Waals surface area contributed by atoms with Crippen molar-refractivity contribution in [3.05, 3.63) is 133 Å². The molecule has 0 atom stereocenters. The Balaban J connectivity index is 1.49.